The van der Waals surface area contributed by atoms with E-state index in [1.54, 1.807) is 7.11 Å². The highest BCUT2D eigenvalue weighted by atomic mass is 16.5. The minimum absolute atomic E-state index is 0.320. The first-order valence-electron chi connectivity index (χ1n) is 6.98. The van der Waals surface area contributed by atoms with Gasteiger partial charge in [0.05, 0.1) is 12.0 Å². The summed E-state index contributed by atoms with van der Waals surface area (Å²) >= 11 is 0. The smallest absolute Gasteiger partial charge is 0.149 e. The number of hydrogen-bond acceptors (Lipinski definition) is 2. The molecule has 0 amide bonds. The fraction of sp³-hybridized carbons (Fsp3) is 0.688. The summed E-state index contributed by atoms with van der Waals surface area (Å²) in [6.07, 6.45) is 9.34. The van der Waals surface area contributed by atoms with Gasteiger partial charge in [0.15, 0.2) is 0 Å². The molecule has 0 saturated carbocycles. The van der Waals surface area contributed by atoms with Crippen LogP contribution in [0, 0.1) is 5.41 Å². The van der Waals surface area contributed by atoms with Crippen molar-refractivity contribution in [3.63, 3.8) is 0 Å². The maximum Gasteiger partial charge on any atom is 0.149 e. The van der Waals surface area contributed by atoms with E-state index in [1.807, 2.05) is 13.8 Å². The standard InChI is InChI=1S/C16H26O2/c1-5-6-7-8-9-15(17)16(12-18-4)13(2)10-11-14(16)3/h10-11H,5-9,12H2,1-4H3. The van der Waals surface area contributed by atoms with Gasteiger partial charge in [-0.05, 0) is 20.3 Å². The van der Waals surface area contributed by atoms with Crippen LogP contribution in [0.1, 0.15) is 52.9 Å². The number of carbonyl (C=O) groups excluding carboxylic acids is 1. The molecule has 2 nitrogen and oxygen atoms in total. The van der Waals surface area contributed by atoms with Gasteiger partial charge >= 0.3 is 0 Å². The van der Waals surface area contributed by atoms with Crippen LogP contribution >= 0.6 is 0 Å². The zero-order valence-corrected chi connectivity index (χ0v) is 12.2. The van der Waals surface area contributed by atoms with Gasteiger partial charge in [-0.15, -0.1) is 0 Å². The normalized spacial score (nSPS) is 17.6. The molecule has 0 bridgehead atoms. The third kappa shape index (κ3) is 2.92. The largest absolute Gasteiger partial charge is 0.383 e. The molecule has 0 unspecified atom stereocenters. The maximum absolute atomic E-state index is 12.6. The highest BCUT2D eigenvalue weighted by Gasteiger charge is 2.42. The second-order valence-electron chi connectivity index (χ2n) is 5.27. The first kappa shape index (κ1) is 15.2. The SMILES string of the molecule is CCCCCCC(=O)C1(COC)C(C)=CC=C1C. The van der Waals surface area contributed by atoms with E-state index in [4.69, 9.17) is 4.74 Å². The quantitative estimate of drug-likeness (QED) is 0.607. The van der Waals surface area contributed by atoms with Gasteiger partial charge in [0, 0.05) is 13.5 Å². The fourth-order valence-corrected chi connectivity index (χ4v) is 2.74. The Morgan fingerprint density at radius 3 is 2.28 bits per heavy atom. The lowest BCUT2D eigenvalue weighted by Crippen LogP contribution is -2.36. The molecule has 0 aliphatic heterocycles. The molecule has 18 heavy (non-hydrogen) atoms. The maximum atomic E-state index is 12.6. The zero-order valence-electron chi connectivity index (χ0n) is 12.2. The van der Waals surface area contributed by atoms with Crippen molar-refractivity contribution in [3.05, 3.63) is 23.3 Å². The molecular weight excluding hydrogens is 224 g/mol. The Balaban J connectivity index is 2.71. The molecule has 0 N–H and O–H groups in total. The number of allylic oxidation sites excluding steroid dienone is 2. The minimum Gasteiger partial charge on any atom is -0.383 e. The van der Waals surface area contributed by atoms with E-state index in [-0.39, 0.29) is 0 Å². The van der Waals surface area contributed by atoms with Crippen LogP contribution < -0.4 is 0 Å². The lowest BCUT2D eigenvalue weighted by atomic mass is 9.73. The van der Waals surface area contributed by atoms with Crippen LogP contribution in [0.2, 0.25) is 0 Å². The third-order valence-corrected chi connectivity index (χ3v) is 4.02. The molecule has 0 radical (unpaired) electrons. The van der Waals surface area contributed by atoms with Crippen molar-refractivity contribution in [2.75, 3.05) is 13.7 Å². The number of hydrogen-bond donors (Lipinski definition) is 0. The van der Waals surface area contributed by atoms with Crippen LogP contribution in [0.25, 0.3) is 0 Å². The van der Waals surface area contributed by atoms with Gasteiger partial charge in [0.2, 0.25) is 0 Å². The van der Waals surface area contributed by atoms with E-state index in [1.165, 1.54) is 12.8 Å². The molecule has 0 atom stereocenters. The van der Waals surface area contributed by atoms with Crippen molar-refractivity contribution in [1.29, 1.82) is 0 Å². The summed E-state index contributed by atoms with van der Waals surface area (Å²) in [6, 6.07) is 0. The number of methoxy groups -OCH3 is 1. The summed E-state index contributed by atoms with van der Waals surface area (Å²) in [5.41, 5.74) is 1.78. The van der Waals surface area contributed by atoms with Crippen molar-refractivity contribution in [1.82, 2.24) is 0 Å². The van der Waals surface area contributed by atoms with E-state index in [2.05, 4.69) is 19.1 Å². The van der Waals surface area contributed by atoms with Crippen LogP contribution in [0.5, 0.6) is 0 Å². The predicted molar refractivity (Wildman–Crippen MR) is 75.6 cm³/mol. The lowest BCUT2D eigenvalue weighted by Gasteiger charge is -2.31. The molecule has 2 heteroatoms. The number of rotatable bonds is 8. The van der Waals surface area contributed by atoms with Crippen LogP contribution in [0.3, 0.4) is 0 Å². The Labute approximate surface area is 111 Å². The zero-order chi connectivity index (χ0) is 13.6. The number of ether oxygens (including phenoxy) is 1. The average molecular weight is 250 g/mol. The summed E-state index contributed by atoms with van der Waals surface area (Å²) in [4.78, 5) is 12.6. The second kappa shape index (κ2) is 6.89. The summed E-state index contributed by atoms with van der Waals surface area (Å²) in [5.74, 6) is 0.320. The number of ketones is 1. The monoisotopic (exact) mass is 250 g/mol. The molecule has 0 aromatic carbocycles. The summed E-state index contributed by atoms with van der Waals surface area (Å²) in [5, 5.41) is 0. The highest BCUT2D eigenvalue weighted by Crippen LogP contribution is 2.42. The van der Waals surface area contributed by atoms with Gasteiger partial charge in [-0.25, -0.2) is 0 Å². The Morgan fingerprint density at radius 2 is 1.78 bits per heavy atom. The summed E-state index contributed by atoms with van der Waals surface area (Å²) < 4.78 is 5.32. The molecule has 1 aliphatic carbocycles. The van der Waals surface area contributed by atoms with Gasteiger partial charge in [-0.1, -0.05) is 49.5 Å². The molecule has 0 heterocycles. The summed E-state index contributed by atoms with van der Waals surface area (Å²) in [6.45, 7) is 6.74. The van der Waals surface area contributed by atoms with Crippen molar-refractivity contribution in [2.24, 2.45) is 5.41 Å². The number of Topliss-reactive ketones (excluding diaryl/α,β-unsaturated/α-hetero) is 1. The van der Waals surface area contributed by atoms with E-state index in [0.717, 1.165) is 24.0 Å². The first-order chi connectivity index (χ1) is 8.59. The first-order valence-corrected chi connectivity index (χ1v) is 6.98. The third-order valence-electron chi connectivity index (χ3n) is 4.02. The molecule has 102 valence electrons. The summed E-state index contributed by atoms with van der Waals surface area (Å²) in [7, 11) is 1.67. The second-order valence-corrected chi connectivity index (χ2v) is 5.27. The highest BCUT2D eigenvalue weighted by molar-refractivity contribution is 5.92. The Morgan fingerprint density at radius 1 is 1.17 bits per heavy atom. The number of unbranched alkanes of at least 4 members (excludes halogenated alkanes) is 3. The van der Waals surface area contributed by atoms with E-state index >= 15 is 0 Å². The van der Waals surface area contributed by atoms with Crippen LogP contribution in [-0.2, 0) is 9.53 Å². The molecule has 0 aromatic heterocycles. The van der Waals surface area contributed by atoms with Crippen molar-refractivity contribution in [2.45, 2.75) is 52.9 Å². The molecule has 1 rings (SSSR count). The molecule has 1 aliphatic rings. The van der Waals surface area contributed by atoms with Crippen LogP contribution in [0.4, 0.5) is 0 Å². The van der Waals surface area contributed by atoms with Gasteiger partial charge in [0.1, 0.15) is 5.78 Å². The lowest BCUT2D eigenvalue weighted by molar-refractivity contribution is -0.127. The number of carbonyl (C=O) groups is 1. The van der Waals surface area contributed by atoms with Gasteiger partial charge < -0.3 is 4.74 Å². The van der Waals surface area contributed by atoms with E-state index in [9.17, 15) is 4.79 Å². The molecule has 0 saturated heterocycles. The Hall–Kier alpha value is -0.890. The van der Waals surface area contributed by atoms with Gasteiger partial charge in [-0.2, -0.15) is 0 Å². The molecule has 0 aromatic rings. The topological polar surface area (TPSA) is 26.3 Å². The minimum atomic E-state index is -0.471. The van der Waals surface area contributed by atoms with E-state index < -0.39 is 5.41 Å². The van der Waals surface area contributed by atoms with Crippen molar-refractivity contribution in [3.8, 4) is 0 Å². The molecular formula is C16H26O2. The average Bonchev–Trinajstić information content (AvgIpc) is 2.64. The van der Waals surface area contributed by atoms with Crippen molar-refractivity contribution >= 4 is 5.78 Å². The Kier molecular flexibility index (Phi) is 5.80. The van der Waals surface area contributed by atoms with E-state index in [0.29, 0.717) is 18.8 Å². The Bertz CT molecular complexity index is 332. The molecule has 0 fully saturated rings. The van der Waals surface area contributed by atoms with Gasteiger partial charge in [0.25, 0.3) is 0 Å². The van der Waals surface area contributed by atoms with Crippen molar-refractivity contribution < 1.29 is 9.53 Å². The van der Waals surface area contributed by atoms with Gasteiger partial charge in [-0.3, -0.25) is 4.79 Å². The van der Waals surface area contributed by atoms with Crippen LogP contribution in [0.15, 0.2) is 23.3 Å². The molecule has 0 spiro atoms. The fourth-order valence-electron chi connectivity index (χ4n) is 2.74. The predicted octanol–water partition coefficient (Wildman–Crippen LogP) is 4.06. The van der Waals surface area contributed by atoms with Crippen LogP contribution in [-0.4, -0.2) is 19.5 Å².